The Hall–Kier alpha value is -0.770. The maximum Gasteiger partial charge on any atom is 0.306 e. The molecule has 1 unspecified atom stereocenters. The number of benzene rings is 1. The lowest BCUT2D eigenvalue weighted by molar-refractivity contribution is -0.141. The molecule has 1 atom stereocenters. The molecule has 0 heterocycles. The van der Waals surface area contributed by atoms with Gasteiger partial charge in [0.2, 0.25) is 0 Å². The van der Waals surface area contributed by atoms with Gasteiger partial charge in [-0.05, 0) is 43.1 Å². The second-order valence-corrected chi connectivity index (χ2v) is 4.40. The zero-order valence-electron chi connectivity index (χ0n) is 8.62. The minimum Gasteiger partial charge on any atom is -0.481 e. The van der Waals surface area contributed by atoms with Crippen molar-refractivity contribution in [3.8, 4) is 0 Å². The predicted octanol–water partition coefficient (Wildman–Crippen LogP) is 2.59. The van der Waals surface area contributed by atoms with Crippen molar-refractivity contribution in [3.63, 3.8) is 0 Å². The van der Waals surface area contributed by atoms with Crippen LogP contribution >= 0.6 is 23.2 Å². The lowest BCUT2D eigenvalue weighted by Gasteiger charge is -2.12. The summed E-state index contributed by atoms with van der Waals surface area (Å²) in [4.78, 5) is 11.0. The van der Waals surface area contributed by atoms with E-state index < -0.39 is 11.9 Å². The molecule has 0 radical (unpaired) electrons. The molecule has 1 rings (SSSR count). The van der Waals surface area contributed by atoms with Crippen LogP contribution in [0, 0.1) is 5.92 Å². The maximum atomic E-state index is 11.0. The van der Waals surface area contributed by atoms with Gasteiger partial charge in [-0.1, -0.05) is 23.2 Å². The fourth-order valence-corrected chi connectivity index (χ4v) is 1.87. The van der Waals surface area contributed by atoms with Crippen molar-refractivity contribution in [3.05, 3.63) is 33.8 Å². The van der Waals surface area contributed by atoms with E-state index in [-0.39, 0.29) is 0 Å². The van der Waals surface area contributed by atoms with Gasteiger partial charge in [-0.25, -0.2) is 0 Å². The largest absolute Gasteiger partial charge is 0.481 e. The summed E-state index contributed by atoms with van der Waals surface area (Å²) in [6, 6.07) is 5.03. The molecule has 0 aromatic heterocycles. The van der Waals surface area contributed by atoms with Gasteiger partial charge in [-0.3, -0.25) is 4.79 Å². The third-order valence-electron chi connectivity index (χ3n) is 2.34. The highest BCUT2D eigenvalue weighted by atomic mass is 35.5. The molecular formula is C11H13Cl2NO2. The second-order valence-electron chi connectivity index (χ2n) is 3.55. The summed E-state index contributed by atoms with van der Waals surface area (Å²) in [6.45, 7) is 0.342. The lowest BCUT2D eigenvalue weighted by Crippen LogP contribution is -2.20. The summed E-state index contributed by atoms with van der Waals surface area (Å²) in [6.07, 6.45) is 0.782. The quantitative estimate of drug-likeness (QED) is 0.857. The topological polar surface area (TPSA) is 63.3 Å². The standard InChI is InChI=1S/C11H13Cl2NO2/c12-9-1-2-10(13)8(6-9)5-7(3-4-14)11(15)16/h1-2,6-7H,3-5,14H2,(H,15,16). The molecule has 16 heavy (non-hydrogen) atoms. The number of aliphatic carboxylic acids is 1. The van der Waals surface area contributed by atoms with Crippen LogP contribution < -0.4 is 5.73 Å². The highest BCUT2D eigenvalue weighted by Crippen LogP contribution is 2.24. The Labute approximate surface area is 104 Å². The van der Waals surface area contributed by atoms with E-state index in [0.717, 1.165) is 5.56 Å². The minimum absolute atomic E-state index is 0.342. The number of rotatable bonds is 5. The SMILES string of the molecule is NCCC(Cc1cc(Cl)ccc1Cl)C(=O)O. The van der Waals surface area contributed by atoms with Crippen LogP contribution in [0.2, 0.25) is 10.0 Å². The molecule has 1 aromatic rings. The van der Waals surface area contributed by atoms with Crippen LogP contribution in [-0.2, 0) is 11.2 Å². The van der Waals surface area contributed by atoms with Gasteiger partial charge in [0.1, 0.15) is 0 Å². The molecule has 0 aliphatic rings. The summed E-state index contributed by atoms with van der Waals surface area (Å²) in [7, 11) is 0. The summed E-state index contributed by atoms with van der Waals surface area (Å²) >= 11 is 11.8. The van der Waals surface area contributed by atoms with Gasteiger partial charge in [0.25, 0.3) is 0 Å². The molecule has 3 nitrogen and oxygen atoms in total. The number of hydrogen-bond acceptors (Lipinski definition) is 2. The maximum absolute atomic E-state index is 11.0. The Kier molecular flexibility index (Phi) is 5.06. The molecule has 3 N–H and O–H groups in total. The van der Waals surface area contributed by atoms with E-state index in [4.69, 9.17) is 34.0 Å². The average molecular weight is 262 g/mol. The van der Waals surface area contributed by atoms with E-state index in [1.165, 1.54) is 0 Å². The van der Waals surface area contributed by atoms with E-state index in [9.17, 15) is 4.79 Å². The van der Waals surface area contributed by atoms with Crippen molar-refractivity contribution in [2.45, 2.75) is 12.8 Å². The Morgan fingerprint density at radius 3 is 2.69 bits per heavy atom. The van der Waals surface area contributed by atoms with Gasteiger partial charge in [-0.15, -0.1) is 0 Å². The van der Waals surface area contributed by atoms with Crippen molar-refractivity contribution < 1.29 is 9.90 Å². The number of carbonyl (C=O) groups is 1. The summed E-state index contributed by atoms with van der Waals surface area (Å²) in [5.41, 5.74) is 6.11. The smallest absolute Gasteiger partial charge is 0.306 e. The molecule has 0 fully saturated rings. The predicted molar refractivity (Wildman–Crippen MR) is 65.0 cm³/mol. The van der Waals surface area contributed by atoms with Crippen molar-refractivity contribution in [2.24, 2.45) is 11.7 Å². The molecular weight excluding hydrogens is 249 g/mol. The first-order valence-corrected chi connectivity index (χ1v) is 5.67. The van der Waals surface area contributed by atoms with Gasteiger partial charge in [0.05, 0.1) is 5.92 Å². The van der Waals surface area contributed by atoms with E-state index in [1.807, 2.05) is 0 Å². The minimum atomic E-state index is -0.860. The molecule has 0 amide bonds. The van der Waals surface area contributed by atoms with Crippen molar-refractivity contribution >= 4 is 29.2 Å². The monoisotopic (exact) mass is 261 g/mol. The van der Waals surface area contributed by atoms with Crippen LogP contribution in [0.1, 0.15) is 12.0 Å². The van der Waals surface area contributed by atoms with Gasteiger partial charge in [0, 0.05) is 10.0 Å². The number of carboxylic acid groups (broad SMARTS) is 1. The molecule has 0 aliphatic carbocycles. The van der Waals surface area contributed by atoms with E-state index >= 15 is 0 Å². The van der Waals surface area contributed by atoms with E-state index in [2.05, 4.69) is 0 Å². The fourth-order valence-electron chi connectivity index (χ4n) is 1.48. The molecule has 5 heteroatoms. The third-order valence-corrected chi connectivity index (χ3v) is 2.94. The average Bonchev–Trinajstić information content (AvgIpc) is 2.22. The first kappa shape index (κ1) is 13.3. The van der Waals surface area contributed by atoms with E-state index in [1.54, 1.807) is 18.2 Å². The number of carboxylic acids is 1. The van der Waals surface area contributed by atoms with Crippen LogP contribution in [0.25, 0.3) is 0 Å². The Morgan fingerprint density at radius 2 is 2.12 bits per heavy atom. The molecule has 1 aromatic carbocycles. The highest BCUT2D eigenvalue weighted by Gasteiger charge is 2.18. The van der Waals surface area contributed by atoms with Crippen LogP contribution in [0.3, 0.4) is 0 Å². The first-order valence-electron chi connectivity index (χ1n) is 4.91. The lowest BCUT2D eigenvalue weighted by atomic mass is 9.96. The van der Waals surface area contributed by atoms with Crippen molar-refractivity contribution in [1.29, 1.82) is 0 Å². The zero-order valence-corrected chi connectivity index (χ0v) is 10.1. The van der Waals surface area contributed by atoms with E-state index in [0.29, 0.717) is 29.4 Å². The summed E-state index contributed by atoms with van der Waals surface area (Å²) in [5, 5.41) is 10.1. The normalized spacial score (nSPS) is 12.4. The van der Waals surface area contributed by atoms with Crippen molar-refractivity contribution in [1.82, 2.24) is 0 Å². The molecule has 0 saturated carbocycles. The van der Waals surface area contributed by atoms with Gasteiger partial charge in [0.15, 0.2) is 0 Å². The van der Waals surface area contributed by atoms with Crippen LogP contribution in [-0.4, -0.2) is 17.6 Å². The molecule has 0 bridgehead atoms. The van der Waals surface area contributed by atoms with Crippen molar-refractivity contribution in [2.75, 3.05) is 6.54 Å². The first-order chi connectivity index (χ1) is 7.54. The van der Waals surface area contributed by atoms with Gasteiger partial charge >= 0.3 is 5.97 Å². The fraction of sp³-hybridized carbons (Fsp3) is 0.364. The van der Waals surface area contributed by atoms with Crippen LogP contribution in [0.15, 0.2) is 18.2 Å². The summed E-state index contributed by atoms with van der Waals surface area (Å²) in [5.74, 6) is -1.37. The number of halogens is 2. The third kappa shape index (κ3) is 3.67. The molecule has 0 spiro atoms. The second kappa shape index (κ2) is 6.09. The molecule has 88 valence electrons. The zero-order chi connectivity index (χ0) is 12.1. The van der Waals surface area contributed by atoms with Gasteiger partial charge in [-0.2, -0.15) is 0 Å². The van der Waals surface area contributed by atoms with Gasteiger partial charge < -0.3 is 10.8 Å². The number of hydrogen-bond donors (Lipinski definition) is 2. The Bertz CT molecular complexity index is 382. The Morgan fingerprint density at radius 1 is 1.44 bits per heavy atom. The Balaban J connectivity index is 2.84. The molecule has 0 saturated heterocycles. The van der Waals surface area contributed by atoms with Crippen LogP contribution in [0.4, 0.5) is 0 Å². The highest BCUT2D eigenvalue weighted by molar-refractivity contribution is 6.33. The molecule has 0 aliphatic heterocycles. The number of nitrogens with two attached hydrogens (primary N) is 1. The van der Waals surface area contributed by atoms with Crippen LogP contribution in [0.5, 0.6) is 0 Å². The summed E-state index contributed by atoms with van der Waals surface area (Å²) < 4.78 is 0.